The van der Waals surface area contributed by atoms with Crippen molar-refractivity contribution in [2.24, 2.45) is 0 Å². The third-order valence-corrected chi connectivity index (χ3v) is 2.73. The smallest absolute Gasteiger partial charge is 0.768 e. The third-order valence-electron chi connectivity index (χ3n) is 2.01. The number of benzene rings is 2. The van der Waals surface area contributed by atoms with Gasteiger partial charge in [0.25, 0.3) is 0 Å². The summed E-state index contributed by atoms with van der Waals surface area (Å²) < 4.78 is 34.8. The zero-order valence-corrected chi connectivity index (χ0v) is 10.9. The maximum atomic E-state index is 13.2. The molecule has 0 fully saturated rings. The van der Waals surface area contributed by atoms with Crippen LogP contribution in [0.1, 0.15) is 0 Å². The minimum atomic E-state index is -2.33. The van der Waals surface area contributed by atoms with Crippen molar-refractivity contribution >= 4 is 21.9 Å². The van der Waals surface area contributed by atoms with E-state index in [0.717, 1.165) is 6.07 Å². The molecule has 0 spiro atoms. The van der Waals surface area contributed by atoms with Gasteiger partial charge < -0.3 is 4.55 Å². The summed E-state index contributed by atoms with van der Waals surface area (Å²) in [5.74, 6) is -0.408. The SMILES string of the molecule is O=S([O-])c1ccc(F)c2ccccc12.[Na+]. The molecule has 1 unspecified atom stereocenters. The largest absolute Gasteiger partial charge is 1.00 e. The molecule has 2 nitrogen and oxygen atoms in total. The molecular weight excluding hydrogens is 226 g/mol. The van der Waals surface area contributed by atoms with Crippen molar-refractivity contribution in [3.8, 4) is 0 Å². The van der Waals surface area contributed by atoms with Gasteiger partial charge in [-0.25, -0.2) is 4.39 Å². The molecule has 0 amide bonds. The van der Waals surface area contributed by atoms with Crippen LogP contribution < -0.4 is 29.6 Å². The maximum absolute atomic E-state index is 13.2. The molecule has 2 aromatic rings. The predicted octanol–water partition coefficient (Wildman–Crippen LogP) is -0.779. The van der Waals surface area contributed by atoms with Gasteiger partial charge in [-0.15, -0.1) is 0 Å². The molecule has 0 N–H and O–H groups in total. The Labute approximate surface area is 111 Å². The van der Waals surface area contributed by atoms with Gasteiger partial charge in [-0.05, 0) is 28.6 Å². The standard InChI is InChI=1S/C10H7FO2S.Na/c11-9-5-6-10(14(12)13)8-4-2-1-3-7(8)9;/h1-6H,(H,12,13);/q;+1/p-1. The molecule has 5 heteroatoms. The van der Waals surface area contributed by atoms with E-state index in [0.29, 0.717) is 10.8 Å². The van der Waals surface area contributed by atoms with Gasteiger partial charge in [-0.1, -0.05) is 24.3 Å². The van der Waals surface area contributed by atoms with E-state index in [9.17, 15) is 13.2 Å². The minimum Gasteiger partial charge on any atom is -0.768 e. The number of fused-ring (bicyclic) bond motifs is 1. The Balaban J connectivity index is 0.00000112. The molecule has 72 valence electrons. The van der Waals surface area contributed by atoms with Crippen molar-refractivity contribution < 1.29 is 42.7 Å². The van der Waals surface area contributed by atoms with Crippen LogP contribution in [0.2, 0.25) is 0 Å². The quantitative estimate of drug-likeness (QED) is 0.478. The van der Waals surface area contributed by atoms with Crippen molar-refractivity contribution in [2.45, 2.75) is 4.90 Å². The second-order valence-corrected chi connectivity index (χ2v) is 3.74. The van der Waals surface area contributed by atoms with E-state index in [-0.39, 0.29) is 34.5 Å². The Morgan fingerprint density at radius 2 is 1.67 bits per heavy atom. The minimum absolute atomic E-state index is 0. The van der Waals surface area contributed by atoms with Gasteiger partial charge in [-0.2, -0.15) is 0 Å². The molecule has 0 aliphatic heterocycles. The molecule has 2 aromatic carbocycles. The van der Waals surface area contributed by atoms with Crippen molar-refractivity contribution in [2.75, 3.05) is 0 Å². The Hall–Kier alpha value is -0.260. The average molecular weight is 232 g/mol. The van der Waals surface area contributed by atoms with Crippen LogP contribution in [-0.4, -0.2) is 8.76 Å². The Morgan fingerprint density at radius 3 is 2.27 bits per heavy atom. The molecule has 15 heavy (non-hydrogen) atoms. The van der Waals surface area contributed by atoms with Crippen LogP contribution in [0.4, 0.5) is 4.39 Å². The Kier molecular flexibility index (Phi) is 4.43. The van der Waals surface area contributed by atoms with Crippen LogP contribution in [0.3, 0.4) is 0 Å². The molecule has 2 rings (SSSR count). The molecule has 0 aliphatic rings. The molecule has 1 atom stereocenters. The van der Waals surface area contributed by atoms with Gasteiger partial charge in [0.2, 0.25) is 0 Å². The van der Waals surface area contributed by atoms with Crippen LogP contribution >= 0.6 is 0 Å². The van der Waals surface area contributed by atoms with Crippen LogP contribution in [0.15, 0.2) is 41.3 Å². The second-order valence-electron chi connectivity index (χ2n) is 2.83. The molecule has 0 aromatic heterocycles. The predicted molar refractivity (Wildman–Crippen MR) is 51.1 cm³/mol. The first-order chi connectivity index (χ1) is 6.70. The number of rotatable bonds is 1. The van der Waals surface area contributed by atoms with Crippen LogP contribution in [0, 0.1) is 5.82 Å². The fourth-order valence-electron chi connectivity index (χ4n) is 1.38. The molecule has 0 aliphatic carbocycles. The van der Waals surface area contributed by atoms with E-state index in [4.69, 9.17) is 0 Å². The number of halogens is 1. The molecule has 0 radical (unpaired) electrons. The van der Waals surface area contributed by atoms with E-state index in [1.807, 2.05) is 0 Å². The van der Waals surface area contributed by atoms with Crippen LogP contribution in [-0.2, 0) is 11.1 Å². The summed E-state index contributed by atoms with van der Waals surface area (Å²) in [7, 11) is 0. The zero-order valence-electron chi connectivity index (χ0n) is 8.07. The van der Waals surface area contributed by atoms with Gasteiger partial charge in [0.1, 0.15) is 5.82 Å². The maximum Gasteiger partial charge on any atom is 1.00 e. The summed E-state index contributed by atoms with van der Waals surface area (Å²) in [5, 5.41) is 0.745. The van der Waals surface area contributed by atoms with Gasteiger partial charge in [0.05, 0.1) is 0 Å². The zero-order chi connectivity index (χ0) is 10.1. The first-order valence-corrected chi connectivity index (χ1v) is 5.04. The van der Waals surface area contributed by atoms with Gasteiger partial charge in [-0.3, -0.25) is 4.21 Å². The van der Waals surface area contributed by atoms with Gasteiger partial charge in [0, 0.05) is 10.3 Å². The fourth-order valence-corrected chi connectivity index (χ4v) is 1.92. The molecule has 0 saturated carbocycles. The number of hydrogen-bond acceptors (Lipinski definition) is 2. The van der Waals surface area contributed by atoms with Crippen molar-refractivity contribution in [1.82, 2.24) is 0 Å². The van der Waals surface area contributed by atoms with E-state index >= 15 is 0 Å². The second kappa shape index (κ2) is 5.18. The summed E-state index contributed by atoms with van der Waals surface area (Å²) in [5.41, 5.74) is 0. The van der Waals surface area contributed by atoms with Gasteiger partial charge in [0.15, 0.2) is 0 Å². The van der Waals surface area contributed by atoms with E-state index < -0.39 is 16.9 Å². The third kappa shape index (κ3) is 2.46. The van der Waals surface area contributed by atoms with E-state index in [1.54, 1.807) is 24.3 Å². The topological polar surface area (TPSA) is 40.1 Å². The Bertz CT molecular complexity index is 516. The summed E-state index contributed by atoms with van der Waals surface area (Å²) in [4.78, 5) is 0.127. The molecule has 0 bridgehead atoms. The van der Waals surface area contributed by atoms with Crippen LogP contribution in [0.5, 0.6) is 0 Å². The molecule has 0 heterocycles. The van der Waals surface area contributed by atoms with Gasteiger partial charge >= 0.3 is 29.6 Å². The molecular formula is C10H6FNaO2S. The Morgan fingerprint density at radius 1 is 1.07 bits per heavy atom. The van der Waals surface area contributed by atoms with Crippen molar-refractivity contribution in [3.05, 3.63) is 42.2 Å². The summed E-state index contributed by atoms with van der Waals surface area (Å²) in [6.07, 6.45) is 0. The number of hydrogen-bond donors (Lipinski definition) is 0. The van der Waals surface area contributed by atoms with E-state index in [1.165, 1.54) is 6.07 Å². The van der Waals surface area contributed by atoms with Crippen LogP contribution in [0.25, 0.3) is 10.8 Å². The average Bonchev–Trinajstić information content (AvgIpc) is 2.18. The first kappa shape index (κ1) is 12.8. The summed E-state index contributed by atoms with van der Waals surface area (Å²) in [6.45, 7) is 0. The monoisotopic (exact) mass is 232 g/mol. The summed E-state index contributed by atoms with van der Waals surface area (Å²) in [6, 6.07) is 8.92. The van der Waals surface area contributed by atoms with Crippen molar-refractivity contribution in [1.29, 1.82) is 0 Å². The molecule has 0 saturated heterocycles. The first-order valence-electron chi connectivity index (χ1n) is 3.96. The fraction of sp³-hybridized carbons (Fsp3) is 0. The summed E-state index contributed by atoms with van der Waals surface area (Å²) >= 11 is -2.33. The normalized spacial score (nSPS) is 12.1. The van der Waals surface area contributed by atoms with E-state index in [2.05, 4.69) is 0 Å². The van der Waals surface area contributed by atoms with Crippen molar-refractivity contribution in [3.63, 3.8) is 0 Å².